The molecule has 3 atom stereocenters. The van der Waals surface area contributed by atoms with E-state index in [1.807, 2.05) is 30.3 Å². The second-order valence-corrected chi connectivity index (χ2v) is 6.73. The van der Waals surface area contributed by atoms with Crippen molar-refractivity contribution in [1.82, 2.24) is 5.32 Å². The van der Waals surface area contributed by atoms with Gasteiger partial charge in [-0.05, 0) is 36.1 Å². The van der Waals surface area contributed by atoms with Crippen LogP contribution in [0.2, 0.25) is 0 Å². The molecule has 5 nitrogen and oxygen atoms in total. The summed E-state index contributed by atoms with van der Waals surface area (Å²) in [5.74, 6) is 0.378. The molecule has 0 saturated heterocycles. The summed E-state index contributed by atoms with van der Waals surface area (Å²) in [5, 5.41) is 5.78. The quantitative estimate of drug-likeness (QED) is 0.802. The third kappa shape index (κ3) is 4.49. The SMILES string of the molecule is COC(CNC(=O)c1cccc(NC(=O)C2CC2C)c1)c1ccccc1. The van der Waals surface area contributed by atoms with Crippen LogP contribution in [0.5, 0.6) is 0 Å². The molecule has 1 saturated carbocycles. The van der Waals surface area contributed by atoms with Gasteiger partial charge in [0.05, 0.1) is 6.10 Å². The second-order valence-electron chi connectivity index (χ2n) is 6.73. The molecule has 2 N–H and O–H groups in total. The lowest BCUT2D eigenvalue weighted by molar-refractivity contribution is -0.117. The molecule has 0 heterocycles. The van der Waals surface area contributed by atoms with Gasteiger partial charge in [0.1, 0.15) is 0 Å². The van der Waals surface area contributed by atoms with Crippen molar-refractivity contribution in [3.05, 3.63) is 65.7 Å². The van der Waals surface area contributed by atoms with Crippen LogP contribution in [0, 0.1) is 11.8 Å². The minimum absolute atomic E-state index is 0.0265. The predicted molar refractivity (Wildman–Crippen MR) is 101 cm³/mol. The highest BCUT2D eigenvalue weighted by atomic mass is 16.5. The van der Waals surface area contributed by atoms with Crippen LogP contribution in [0.15, 0.2) is 54.6 Å². The zero-order valence-electron chi connectivity index (χ0n) is 15.1. The predicted octanol–water partition coefficient (Wildman–Crippen LogP) is 3.40. The summed E-state index contributed by atoms with van der Waals surface area (Å²) in [7, 11) is 1.62. The van der Waals surface area contributed by atoms with Crippen LogP contribution in [0.25, 0.3) is 0 Å². The molecule has 1 aliphatic carbocycles. The average molecular weight is 352 g/mol. The Morgan fingerprint density at radius 2 is 1.88 bits per heavy atom. The molecule has 0 bridgehead atoms. The van der Waals surface area contributed by atoms with E-state index in [9.17, 15) is 9.59 Å². The summed E-state index contributed by atoms with van der Waals surface area (Å²) in [5.41, 5.74) is 2.16. The average Bonchev–Trinajstić information content (AvgIpc) is 3.40. The number of nitrogens with one attached hydrogen (secondary N) is 2. The Kier molecular flexibility index (Phi) is 5.68. The van der Waals surface area contributed by atoms with Crippen LogP contribution in [0.3, 0.4) is 0 Å². The number of carbonyl (C=O) groups excluding carboxylic acids is 2. The van der Waals surface area contributed by atoms with Gasteiger partial charge >= 0.3 is 0 Å². The first kappa shape index (κ1) is 18.1. The van der Waals surface area contributed by atoms with E-state index in [0.717, 1.165) is 12.0 Å². The molecule has 0 aromatic heterocycles. The zero-order valence-corrected chi connectivity index (χ0v) is 15.1. The first-order chi connectivity index (χ1) is 12.6. The Bertz CT molecular complexity index is 776. The van der Waals surface area contributed by atoms with Gasteiger partial charge in [-0.3, -0.25) is 9.59 Å². The fourth-order valence-corrected chi connectivity index (χ4v) is 2.95. The van der Waals surface area contributed by atoms with Crippen LogP contribution in [0.1, 0.15) is 35.4 Å². The van der Waals surface area contributed by atoms with Gasteiger partial charge in [-0.15, -0.1) is 0 Å². The minimum Gasteiger partial charge on any atom is -0.375 e. The third-order valence-electron chi connectivity index (χ3n) is 4.74. The largest absolute Gasteiger partial charge is 0.375 e. The van der Waals surface area contributed by atoms with E-state index in [0.29, 0.717) is 23.7 Å². The molecule has 3 rings (SSSR count). The smallest absolute Gasteiger partial charge is 0.251 e. The number of hydrogen-bond donors (Lipinski definition) is 2. The highest BCUT2D eigenvalue weighted by Crippen LogP contribution is 2.38. The zero-order chi connectivity index (χ0) is 18.5. The Morgan fingerprint density at radius 1 is 1.15 bits per heavy atom. The molecular formula is C21H24N2O3. The van der Waals surface area contributed by atoms with Gasteiger partial charge in [-0.25, -0.2) is 0 Å². The van der Waals surface area contributed by atoms with Gasteiger partial charge in [-0.2, -0.15) is 0 Å². The molecule has 3 unspecified atom stereocenters. The van der Waals surface area contributed by atoms with Crippen LogP contribution in [0.4, 0.5) is 5.69 Å². The lowest BCUT2D eigenvalue weighted by Gasteiger charge is -2.16. The van der Waals surface area contributed by atoms with E-state index in [-0.39, 0.29) is 23.8 Å². The molecule has 5 heteroatoms. The van der Waals surface area contributed by atoms with Crippen molar-refractivity contribution in [3.8, 4) is 0 Å². The number of anilines is 1. The van der Waals surface area contributed by atoms with E-state index < -0.39 is 0 Å². The molecule has 1 aliphatic rings. The van der Waals surface area contributed by atoms with Gasteiger partial charge in [0.15, 0.2) is 0 Å². The minimum atomic E-state index is -0.209. The molecule has 136 valence electrons. The Balaban J connectivity index is 1.59. The van der Waals surface area contributed by atoms with Crippen LogP contribution in [-0.4, -0.2) is 25.5 Å². The molecule has 0 radical (unpaired) electrons. The number of ether oxygens (including phenoxy) is 1. The summed E-state index contributed by atoms with van der Waals surface area (Å²) in [6, 6.07) is 16.8. The van der Waals surface area contributed by atoms with Crippen molar-refractivity contribution in [1.29, 1.82) is 0 Å². The van der Waals surface area contributed by atoms with Gasteiger partial charge in [-0.1, -0.05) is 43.3 Å². The first-order valence-corrected chi connectivity index (χ1v) is 8.85. The molecule has 2 aromatic rings. The monoisotopic (exact) mass is 352 g/mol. The van der Waals surface area contributed by atoms with Gasteiger partial charge in [0.25, 0.3) is 5.91 Å². The van der Waals surface area contributed by atoms with Crippen molar-refractivity contribution in [3.63, 3.8) is 0 Å². The topological polar surface area (TPSA) is 67.4 Å². The molecule has 0 spiro atoms. The van der Waals surface area contributed by atoms with Crippen molar-refractivity contribution in [2.24, 2.45) is 11.8 Å². The van der Waals surface area contributed by atoms with E-state index in [1.54, 1.807) is 31.4 Å². The van der Waals surface area contributed by atoms with Crippen molar-refractivity contribution in [2.45, 2.75) is 19.4 Å². The highest BCUT2D eigenvalue weighted by Gasteiger charge is 2.39. The van der Waals surface area contributed by atoms with Crippen LogP contribution >= 0.6 is 0 Å². The standard InChI is InChI=1S/C21H24N2O3/c1-14-11-18(14)21(25)23-17-10-6-9-16(12-17)20(24)22-13-19(26-2)15-7-4-3-5-8-15/h3-10,12,14,18-19H,11,13H2,1-2H3,(H,22,24)(H,23,25). The van der Waals surface area contributed by atoms with Gasteiger partial charge in [0, 0.05) is 30.8 Å². The second kappa shape index (κ2) is 8.15. The lowest BCUT2D eigenvalue weighted by atomic mass is 10.1. The number of hydrogen-bond acceptors (Lipinski definition) is 3. The molecule has 26 heavy (non-hydrogen) atoms. The first-order valence-electron chi connectivity index (χ1n) is 8.85. The lowest BCUT2D eigenvalue weighted by Crippen LogP contribution is -2.29. The summed E-state index contributed by atoms with van der Waals surface area (Å²) in [4.78, 5) is 24.5. The Morgan fingerprint density at radius 3 is 2.54 bits per heavy atom. The van der Waals surface area contributed by atoms with E-state index in [4.69, 9.17) is 4.74 Å². The van der Waals surface area contributed by atoms with E-state index in [2.05, 4.69) is 17.6 Å². The maximum Gasteiger partial charge on any atom is 0.251 e. The molecule has 2 amide bonds. The van der Waals surface area contributed by atoms with Crippen molar-refractivity contribution >= 4 is 17.5 Å². The van der Waals surface area contributed by atoms with Crippen molar-refractivity contribution in [2.75, 3.05) is 19.0 Å². The van der Waals surface area contributed by atoms with Gasteiger partial charge < -0.3 is 15.4 Å². The number of methoxy groups -OCH3 is 1. The summed E-state index contributed by atoms with van der Waals surface area (Å²) >= 11 is 0. The Hall–Kier alpha value is -2.66. The van der Waals surface area contributed by atoms with E-state index >= 15 is 0 Å². The molecule has 1 fully saturated rings. The Labute approximate surface area is 153 Å². The maximum absolute atomic E-state index is 12.5. The van der Waals surface area contributed by atoms with Crippen LogP contribution in [-0.2, 0) is 9.53 Å². The number of benzene rings is 2. The summed E-state index contributed by atoms with van der Waals surface area (Å²) in [6.45, 7) is 2.43. The molecule has 0 aliphatic heterocycles. The van der Waals surface area contributed by atoms with Crippen molar-refractivity contribution < 1.29 is 14.3 Å². The molecule has 2 aromatic carbocycles. The van der Waals surface area contributed by atoms with E-state index in [1.165, 1.54) is 0 Å². The number of carbonyl (C=O) groups is 2. The normalized spacial score (nSPS) is 19.5. The number of rotatable bonds is 7. The highest BCUT2D eigenvalue weighted by molar-refractivity contribution is 5.98. The number of amides is 2. The molecular weight excluding hydrogens is 328 g/mol. The maximum atomic E-state index is 12.5. The van der Waals surface area contributed by atoms with Gasteiger partial charge in [0.2, 0.25) is 5.91 Å². The summed E-state index contributed by atoms with van der Waals surface area (Å²) in [6.07, 6.45) is 0.726. The third-order valence-corrected chi connectivity index (χ3v) is 4.74. The summed E-state index contributed by atoms with van der Waals surface area (Å²) < 4.78 is 5.47. The fourth-order valence-electron chi connectivity index (χ4n) is 2.95. The van der Waals surface area contributed by atoms with Crippen LogP contribution < -0.4 is 10.6 Å². The fraction of sp³-hybridized carbons (Fsp3) is 0.333.